The maximum absolute atomic E-state index is 12.7. The van der Waals surface area contributed by atoms with Crippen molar-refractivity contribution in [1.82, 2.24) is 0 Å². The SMILES string of the molecule is C=CCC1(CC=C)C(=O)OC(c2ccc(OC)c3ccccc23)OC1=O. The molecule has 0 atom stereocenters. The van der Waals surface area contributed by atoms with Crippen molar-refractivity contribution in [3.63, 3.8) is 0 Å². The van der Waals surface area contributed by atoms with E-state index in [1.807, 2.05) is 24.3 Å². The zero-order valence-corrected chi connectivity index (χ0v) is 14.6. The lowest BCUT2D eigenvalue weighted by molar-refractivity contribution is -0.225. The van der Waals surface area contributed by atoms with Crippen molar-refractivity contribution >= 4 is 22.7 Å². The van der Waals surface area contributed by atoms with Gasteiger partial charge in [0.15, 0.2) is 5.41 Å². The minimum absolute atomic E-state index is 0.132. The third kappa shape index (κ3) is 2.75. The van der Waals surface area contributed by atoms with E-state index in [9.17, 15) is 9.59 Å². The minimum atomic E-state index is -1.41. The normalized spacial score (nSPS) is 16.7. The van der Waals surface area contributed by atoms with E-state index in [1.54, 1.807) is 19.2 Å². The summed E-state index contributed by atoms with van der Waals surface area (Å²) in [6, 6.07) is 11.0. The van der Waals surface area contributed by atoms with Crippen LogP contribution in [0.25, 0.3) is 10.8 Å². The average Bonchev–Trinajstić information content (AvgIpc) is 2.65. The number of carbonyl (C=O) groups is 2. The summed E-state index contributed by atoms with van der Waals surface area (Å²) in [6.07, 6.45) is 2.18. The number of esters is 2. The maximum atomic E-state index is 12.7. The van der Waals surface area contributed by atoms with Gasteiger partial charge in [-0.3, -0.25) is 9.59 Å². The fourth-order valence-corrected chi connectivity index (χ4v) is 3.24. The van der Waals surface area contributed by atoms with Gasteiger partial charge in [-0.1, -0.05) is 36.4 Å². The van der Waals surface area contributed by atoms with Crippen LogP contribution in [-0.4, -0.2) is 19.0 Å². The van der Waals surface area contributed by atoms with E-state index in [-0.39, 0.29) is 12.8 Å². The molecule has 1 fully saturated rings. The van der Waals surface area contributed by atoms with Gasteiger partial charge in [0.25, 0.3) is 6.29 Å². The van der Waals surface area contributed by atoms with Gasteiger partial charge < -0.3 is 14.2 Å². The highest BCUT2D eigenvalue weighted by Crippen LogP contribution is 2.42. The standard InChI is InChI=1S/C21H20O5/c1-4-12-21(13-5-2)19(22)25-18(26-20(21)23)16-10-11-17(24-3)15-9-7-6-8-14(15)16/h4-11,18H,1-2,12-13H2,3H3. The monoisotopic (exact) mass is 352 g/mol. The third-order valence-electron chi connectivity index (χ3n) is 4.59. The van der Waals surface area contributed by atoms with E-state index in [2.05, 4.69) is 13.2 Å². The summed E-state index contributed by atoms with van der Waals surface area (Å²) in [4.78, 5) is 25.4. The molecule has 1 aliphatic heterocycles. The number of hydrogen-bond acceptors (Lipinski definition) is 5. The van der Waals surface area contributed by atoms with Gasteiger partial charge in [-0.15, -0.1) is 13.2 Å². The highest BCUT2D eigenvalue weighted by atomic mass is 16.7. The Bertz CT molecular complexity index is 853. The van der Waals surface area contributed by atoms with Crippen LogP contribution in [0.3, 0.4) is 0 Å². The third-order valence-corrected chi connectivity index (χ3v) is 4.59. The molecule has 0 unspecified atom stereocenters. The zero-order valence-electron chi connectivity index (χ0n) is 14.6. The molecule has 0 N–H and O–H groups in total. The number of methoxy groups -OCH3 is 1. The van der Waals surface area contributed by atoms with Gasteiger partial charge >= 0.3 is 11.9 Å². The molecule has 0 spiro atoms. The number of rotatable bonds is 6. The first-order valence-corrected chi connectivity index (χ1v) is 8.27. The summed E-state index contributed by atoms with van der Waals surface area (Å²) in [5.41, 5.74) is -0.823. The van der Waals surface area contributed by atoms with Crippen molar-refractivity contribution < 1.29 is 23.8 Å². The largest absolute Gasteiger partial charge is 0.496 e. The summed E-state index contributed by atoms with van der Waals surface area (Å²) < 4.78 is 16.4. The van der Waals surface area contributed by atoms with Crippen molar-refractivity contribution in [2.45, 2.75) is 19.1 Å². The molecule has 26 heavy (non-hydrogen) atoms. The van der Waals surface area contributed by atoms with E-state index >= 15 is 0 Å². The molecule has 1 heterocycles. The van der Waals surface area contributed by atoms with Crippen LogP contribution in [0, 0.1) is 5.41 Å². The second-order valence-electron chi connectivity index (χ2n) is 6.11. The van der Waals surface area contributed by atoms with E-state index in [0.29, 0.717) is 11.3 Å². The van der Waals surface area contributed by atoms with Gasteiger partial charge in [0, 0.05) is 10.9 Å². The molecule has 0 saturated carbocycles. The van der Waals surface area contributed by atoms with Gasteiger partial charge in [-0.2, -0.15) is 0 Å². The molecule has 2 aromatic carbocycles. The molecule has 0 radical (unpaired) electrons. The summed E-state index contributed by atoms with van der Waals surface area (Å²) in [7, 11) is 1.58. The van der Waals surface area contributed by atoms with Crippen molar-refractivity contribution in [3.05, 3.63) is 67.3 Å². The predicted octanol–water partition coefficient (Wildman–Crippen LogP) is 4.09. The summed E-state index contributed by atoms with van der Waals surface area (Å²) in [6.45, 7) is 7.25. The van der Waals surface area contributed by atoms with Gasteiger partial charge in [0.1, 0.15) is 5.75 Å². The first-order chi connectivity index (χ1) is 12.6. The Labute approximate surface area is 151 Å². The highest BCUT2D eigenvalue weighted by molar-refractivity contribution is 6.02. The molecule has 2 aromatic rings. The van der Waals surface area contributed by atoms with Crippen LogP contribution in [0.1, 0.15) is 24.7 Å². The number of carbonyl (C=O) groups excluding carboxylic acids is 2. The Kier molecular flexibility index (Phi) is 4.80. The number of fused-ring (bicyclic) bond motifs is 1. The van der Waals surface area contributed by atoms with Crippen LogP contribution in [0.2, 0.25) is 0 Å². The van der Waals surface area contributed by atoms with E-state index in [0.717, 1.165) is 10.8 Å². The van der Waals surface area contributed by atoms with Crippen LogP contribution >= 0.6 is 0 Å². The molecule has 0 bridgehead atoms. The van der Waals surface area contributed by atoms with Crippen LogP contribution < -0.4 is 4.74 Å². The van der Waals surface area contributed by atoms with Crippen LogP contribution in [0.5, 0.6) is 5.75 Å². The molecular formula is C21H20O5. The van der Waals surface area contributed by atoms with Crippen molar-refractivity contribution in [2.24, 2.45) is 5.41 Å². The van der Waals surface area contributed by atoms with E-state index in [1.165, 1.54) is 12.2 Å². The van der Waals surface area contributed by atoms with Crippen LogP contribution in [0.15, 0.2) is 61.7 Å². The highest BCUT2D eigenvalue weighted by Gasteiger charge is 2.52. The second-order valence-corrected chi connectivity index (χ2v) is 6.11. The Morgan fingerprint density at radius 3 is 2.12 bits per heavy atom. The first kappa shape index (κ1) is 17.7. The maximum Gasteiger partial charge on any atom is 0.327 e. The number of benzene rings is 2. The molecule has 134 valence electrons. The van der Waals surface area contributed by atoms with Gasteiger partial charge in [-0.25, -0.2) is 0 Å². The van der Waals surface area contributed by atoms with Gasteiger partial charge in [-0.05, 0) is 30.4 Å². The minimum Gasteiger partial charge on any atom is -0.496 e. The van der Waals surface area contributed by atoms with Gasteiger partial charge in [0.05, 0.1) is 7.11 Å². The Balaban J connectivity index is 2.02. The topological polar surface area (TPSA) is 61.8 Å². The predicted molar refractivity (Wildman–Crippen MR) is 97.5 cm³/mol. The lowest BCUT2D eigenvalue weighted by Gasteiger charge is -2.35. The Morgan fingerprint density at radius 2 is 1.58 bits per heavy atom. The number of cyclic esters (lactones) is 2. The molecular weight excluding hydrogens is 332 g/mol. The second kappa shape index (κ2) is 7.04. The molecule has 5 heteroatoms. The fraction of sp³-hybridized carbons (Fsp3) is 0.238. The Morgan fingerprint density at radius 1 is 1.00 bits per heavy atom. The summed E-state index contributed by atoms with van der Waals surface area (Å²) >= 11 is 0. The zero-order chi connectivity index (χ0) is 18.7. The summed E-state index contributed by atoms with van der Waals surface area (Å²) in [5, 5.41) is 1.63. The summed E-state index contributed by atoms with van der Waals surface area (Å²) in [5.74, 6) is -0.567. The van der Waals surface area contributed by atoms with E-state index in [4.69, 9.17) is 14.2 Å². The van der Waals surface area contributed by atoms with Crippen LogP contribution in [-0.2, 0) is 19.1 Å². The number of allylic oxidation sites excluding steroid dienone is 2. The molecule has 1 saturated heterocycles. The molecule has 3 rings (SSSR count). The molecule has 0 amide bonds. The van der Waals surface area contributed by atoms with Crippen molar-refractivity contribution in [1.29, 1.82) is 0 Å². The van der Waals surface area contributed by atoms with Gasteiger partial charge in [0.2, 0.25) is 0 Å². The number of hydrogen-bond donors (Lipinski definition) is 0. The lowest BCUT2D eigenvalue weighted by Crippen LogP contribution is -2.47. The molecule has 0 aromatic heterocycles. The smallest absolute Gasteiger partial charge is 0.327 e. The Hall–Kier alpha value is -3.08. The fourth-order valence-electron chi connectivity index (χ4n) is 3.24. The molecule has 0 aliphatic carbocycles. The first-order valence-electron chi connectivity index (χ1n) is 8.27. The molecule has 5 nitrogen and oxygen atoms in total. The average molecular weight is 352 g/mol. The quantitative estimate of drug-likeness (QED) is 0.445. The number of ether oxygens (including phenoxy) is 3. The van der Waals surface area contributed by atoms with Crippen molar-refractivity contribution in [3.8, 4) is 5.75 Å². The molecule has 1 aliphatic rings. The lowest BCUT2D eigenvalue weighted by atomic mass is 9.80. The van der Waals surface area contributed by atoms with E-state index < -0.39 is 23.6 Å². The van der Waals surface area contributed by atoms with Crippen LogP contribution in [0.4, 0.5) is 0 Å². The van der Waals surface area contributed by atoms with Crippen molar-refractivity contribution in [2.75, 3.05) is 7.11 Å².